The molecule has 2 aromatic carbocycles. The Bertz CT molecular complexity index is 905. The number of carbonyl (C=O) groups excluding carboxylic acids is 3. The maximum Gasteiger partial charge on any atom is 0.332 e. The first kappa shape index (κ1) is 18.6. The Morgan fingerprint density at radius 1 is 1.00 bits per heavy atom. The molecule has 1 atom stereocenters. The van der Waals surface area contributed by atoms with Gasteiger partial charge in [0.1, 0.15) is 18.3 Å². The summed E-state index contributed by atoms with van der Waals surface area (Å²) < 4.78 is 5.30. The number of anilines is 1. The maximum absolute atomic E-state index is 12.7. The Morgan fingerprint density at radius 3 is 2.30 bits per heavy atom. The Balaban J connectivity index is 1.73. The lowest BCUT2D eigenvalue weighted by Gasteiger charge is -2.19. The molecule has 0 unspecified atom stereocenters. The van der Waals surface area contributed by atoms with Gasteiger partial charge in [0.05, 0.1) is 0 Å². The van der Waals surface area contributed by atoms with Crippen molar-refractivity contribution in [1.29, 1.82) is 0 Å². The lowest BCUT2D eigenvalue weighted by Crippen LogP contribution is -2.38. The van der Waals surface area contributed by atoms with Crippen molar-refractivity contribution in [3.8, 4) is 5.75 Å². The molecule has 2 aromatic rings. The van der Waals surface area contributed by atoms with Gasteiger partial charge in [-0.1, -0.05) is 23.8 Å². The fraction of sp³-hybridized carbons (Fsp3) is 0.286. The van der Waals surface area contributed by atoms with Crippen molar-refractivity contribution in [3.05, 3.63) is 59.2 Å². The number of hydrogen-bond acceptors (Lipinski definition) is 4. The molecule has 1 saturated heterocycles. The van der Waals surface area contributed by atoms with Gasteiger partial charge in [0.2, 0.25) is 0 Å². The van der Waals surface area contributed by atoms with E-state index in [9.17, 15) is 14.4 Å². The summed E-state index contributed by atoms with van der Waals surface area (Å²) in [6.07, 6.45) is 0. The van der Waals surface area contributed by atoms with Crippen LogP contribution in [0.25, 0.3) is 0 Å². The quantitative estimate of drug-likeness (QED) is 0.473. The van der Waals surface area contributed by atoms with Crippen LogP contribution in [-0.4, -0.2) is 35.4 Å². The van der Waals surface area contributed by atoms with E-state index in [2.05, 4.69) is 0 Å². The van der Waals surface area contributed by atoms with Crippen LogP contribution in [0.15, 0.2) is 42.5 Å². The van der Waals surface area contributed by atoms with Gasteiger partial charge < -0.3 is 4.74 Å². The highest BCUT2D eigenvalue weighted by Crippen LogP contribution is 2.26. The van der Waals surface area contributed by atoms with Gasteiger partial charge in [0.15, 0.2) is 0 Å². The third-order valence-corrected chi connectivity index (χ3v) is 4.76. The number of urea groups is 1. The third kappa shape index (κ3) is 3.69. The molecule has 0 saturated carbocycles. The number of amides is 3. The van der Waals surface area contributed by atoms with E-state index < -0.39 is 30.5 Å². The van der Waals surface area contributed by atoms with Crippen LogP contribution in [0.4, 0.5) is 10.5 Å². The topological polar surface area (TPSA) is 66.9 Å². The first-order valence-corrected chi connectivity index (χ1v) is 8.77. The molecule has 27 heavy (non-hydrogen) atoms. The number of nitrogens with zero attached hydrogens (tertiary/aromatic N) is 2. The molecule has 0 spiro atoms. The molecular formula is C21H22N2O4. The molecule has 3 amide bonds. The molecule has 0 aromatic heterocycles. The van der Waals surface area contributed by atoms with E-state index in [-0.39, 0.29) is 0 Å². The predicted molar refractivity (Wildman–Crippen MR) is 102 cm³/mol. The molecule has 1 aliphatic heterocycles. The number of aryl methyl sites for hydroxylation is 3. The van der Waals surface area contributed by atoms with Crippen LogP contribution >= 0.6 is 0 Å². The first-order chi connectivity index (χ1) is 12.8. The summed E-state index contributed by atoms with van der Waals surface area (Å²) >= 11 is 0. The minimum Gasteiger partial charge on any atom is -0.425 e. The first-order valence-electron chi connectivity index (χ1n) is 8.77. The van der Waals surface area contributed by atoms with Gasteiger partial charge in [-0.15, -0.1) is 0 Å². The van der Waals surface area contributed by atoms with Crippen molar-refractivity contribution in [1.82, 2.24) is 4.90 Å². The molecule has 6 nitrogen and oxygen atoms in total. The predicted octanol–water partition coefficient (Wildman–Crippen LogP) is 3.37. The molecule has 0 aliphatic carbocycles. The largest absolute Gasteiger partial charge is 0.425 e. The molecule has 0 bridgehead atoms. The number of rotatable bonds is 4. The van der Waals surface area contributed by atoms with E-state index in [0.29, 0.717) is 11.4 Å². The molecule has 1 aliphatic rings. The van der Waals surface area contributed by atoms with E-state index >= 15 is 0 Å². The molecule has 6 heteroatoms. The molecule has 0 N–H and O–H groups in total. The van der Waals surface area contributed by atoms with Crippen LogP contribution in [0.3, 0.4) is 0 Å². The summed E-state index contributed by atoms with van der Waals surface area (Å²) in [6, 6.07) is 11.4. The monoisotopic (exact) mass is 366 g/mol. The zero-order valence-electron chi connectivity index (χ0n) is 15.9. The second-order valence-corrected chi connectivity index (χ2v) is 6.81. The zero-order chi connectivity index (χ0) is 19.7. The van der Waals surface area contributed by atoms with Gasteiger partial charge in [-0.2, -0.15) is 0 Å². The lowest BCUT2D eigenvalue weighted by atomic mass is 10.1. The lowest BCUT2D eigenvalue weighted by molar-refractivity contribution is -0.139. The summed E-state index contributed by atoms with van der Waals surface area (Å²) in [5.74, 6) is -0.679. The minimum absolute atomic E-state index is 0.394. The normalized spacial score (nSPS) is 16.8. The van der Waals surface area contributed by atoms with Gasteiger partial charge in [-0.25, -0.2) is 9.59 Å². The van der Waals surface area contributed by atoms with Crippen molar-refractivity contribution < 1.29 is 19.1 Å². The van der Waals surface area contributed by atoms with Gasteiger partial charge in [0, 0.05) is 5.69 Å². The van der Waals surface area contributed by atoms with E-state index in [4.69, 9.17) is 4.74 Å². The van der Waals surface area contributed by atoms with Crippen LogP contribution < -0.4 is 9.64 Å². The Labute approximate surface area is 158 Å². The SMILES string of the molecule is Cc1ccc(N2C(=O)N(CC(=O)Oc3ccc(C)c(C)c3)C(=O)[C@H]2C)cc1. The van der Waals surface area contributed by atoms with Gasteiger partial charge in [0.25, 0.3) is 5.91 Å². The molecular weight excluding hydrogens is 344 g/mol. The summed E-state index contributed by atoms with van der Waals surface area (Å²) in [4.78, 5) is 39.8. The molecule has 1 fully saturated rings. The highest BCUT2D eigenvalue weighted by Gasteiger charge is 2.44. The van der Waals surface area contributed by atoms with Crippen molar-refractivity contribution >= 4 is 23.6 Å². The van der Waals surface area contributed by atoms with Crippen LogP contribution in [0.5, 0.6) is 5.75 Å². The number of benzene rings is 2. The van der Waals surface area contributed by atoms with Crippen molar-refractivity contribution in [2.45, 2.75) is 33.7 Å². The van der Waals surface area contributed by atoms with E-state index in [1.807, 2.05) is 39.0 Å². The van der Waals surface area contributed by atoms with E-state index in [1.54, 1.807) is 31.2 Å². The minimum atomic E-state index is -0.672. The van der Waals surface area contributed by atoms with Gasteiger partial charge in [-0.05, 0) is 63.1 Å². The van der Waals surface area contributed by atoms with Crippen molar-refractivity contribution in [2.24, 2.45) is 0 Å². The maximum atomic E-state index is 12.7. The van der Waals surface area contributed by atoms with Crippen molar-refractivity contribution in [2.75, 3.05) is 11.4 Å². The number of ether oxygens (including phenoxy) is 1. The summed E-state index contributed by atoms with van der Waals surface area (Å²) in [5.41, 5.74) is 3.75. The van der Waals surface area contributed by atoms with Crippen LogP contribution in [-0.2, 0) is 9.59 Å². The van der Waals surface area contributed by atoms with Gasteiger partial charge >= 0.3 is 12.0 Å². The zero-order valence-corrected chi connectivity index (χ0v) is 15.9. The second-order valence-electron chi connectivity index (χ2n) is 6.81. The number of imide groups is 1. The molecule has 0 radical (unpaired) electrons. The highest BCUT2D eigenvalue weighted by atomic mass is 16.5. The van der Waals surface area contributed by atoms with Crippen LogP contribution in [0.1, 0.15) is 23.6 Å². The summed E-state index contributed by atoms with van der Waals surface area (Å²) in [5, 5.41) is 0. The van der Waals surface area contributed by atoms with Crippen LogP contribution in [0.2, 0.25) is 0 Å². The molecule has 140 valence electrons. The Kier molecular flexibility index (Phi) is 4.99. The highest BCUT2D eigenvalue weighted by molar-refractivity contribution is 6.15. The second kappa shape index (κ2) is 7.23. The molecule has 3 rings (SSSR count). The van der Waals surface area contributed by atoms with E-state index in [1.165, 1.54) is 4.90 Å². The number of carbonyl (C=O) groups is 3. The van der Waals surface area contributed by atoms with Crippen LogP contribution in [0, 0.1) is 20.8 Å². The smallest absolute Gasteiger partial charge is 0.332 e. The molecule has 1 heterocycles. The summed E-state index contributed by atoms with van der Waals surface area (Å²) in [6.45, 7) is 7.05. The third-order valence-electron chi connectivity index (χ3n) is 4.76. The van der Waals surface area contributed by atoms with Gasteiger partial charge in [-0.3, -0.25) is 14.6 Å². The number of hydrogen-bond donors (Lipinski definition) is 0. The number of esters is 1. The Morgan fingerprint density at radius 2 is 1.67 bits per heavy atom. The Hall–Kier alpha value is -3.15. The average Bonchev–Trinajstić information content (AvgIpc) is 2.83. The van der Waals surface area contributed by atoms with E-state index in [0.717, 1.165) is 21.6 Å². The summed E-state index contributed by atoms with van der Waals surface area (Å²) in [7, 11) is 0. The van der Waals surface area contributed by atoms with Crippen molar-refractivity contribution in [3.63, 3.8) is 0 Å². The fourth-order valence-electron chi connectivity index (χ4n) is 2.98. The fourth-order valence-corrected chi connectivity index (χ4v) is 2.98. The average molecular weight is 366 g/mol. The standard InChI is InChI=1S/C21H22N2O4/c1-13-5-8-17(9-6-13)23-16(4)20(25)22(21(23)26)12-19(24)27-18-10-7-14(2)15(3)11-18/h5-11,16H,12H2,1-4H3/t16-/m1/s1.